The molecule has 0 radical (unpaired) electrons. The molecule has 14 heavy (non-hydrogen) atoms. The first-order valence-electron chi connectivity index (χ1n) is 5.18. The number of thiophene rings is 1. The summed E-state index contributed by atoms with van der Waals surface area (Å²) in [6, 6.07) is 4.58. The van der Waals surface area contributed by atoms with E-state index in [1.165, 1.54) is 4.88 Å². The minimum Gasteiger partial charge on any atom is -0.377 e. The Morgan fingerprint density at radius 2 is 2.29 bits per heavy atom. The predicted molar refractivity (Wildman–Crippen MR) is 61.8 cm³/mol. The Bertz CT molecular complexity index is 235. The first-order chi connectivity index (χ1) is 6.79. The molecule has 0 amide bonds. The van der Waals surface area contributed by atoms with Gasteiger partial charge in [0, 0.05) is 11.5 Å². The van der Waals surface area contributed by atoms with E-state index in [2.05, 4.69) is 36.7 Å². The Kier molecular flexibility index (Phi) is 5.15. The monoisotopic (exact) mass is 213 g/mol. The smallest absolute Gasteiger partial charge is 0.0749 e. The summed E-state index contributed by atoms with van der Waals surface area (Å²) >= 11 is 1.78. The Morgan fingerprint density at radius 3 is 2.79 bits per heavy atom. The zero-order chi connectivity index (χ0) is 10.4. The van der Waals surface area contributed by atoms with E-state index in [-0.39, 0.29) is 6.10 Å². The maximum absolute atomic E-state index is 5.62. The molecule has 1 rings (SSSR count). The third-order valence-electron chi connectivity index (χ3n) is 2.17. The van der Waals surface area contributed by atoms with Crippen LogP contribution in [0.4, 0.5) is 0 Å². The molecule has 2 atom stereocenters. The fraction of sp³-hybridized carbons (Fsp3) is 0.636. The molecule has 0 fully saturated rings. The van der Waals surface area contributed by atoms with Gasteiger partial charge >= 0.3 is 0 Å². The lowest BCUT2D eigenvalue weighted by Gasteiger charge is -2.23. The van der Waals surface area contributed by atoms with Crippen LogP contribution >= 0.6 is 11.3 Å². The van der Waals surface area contributed by atoms with Crippen LogP contribution in [0, 0.1) is 0 Å². The van der Waals surface area contributed by atoms with Gasteiger partial charge in [0.05, 0.1) is 12.1 Å². The molecule has 0 aliphatic rings. The molecule has 1 N–H and O–H groups in total. The van der Waals surface area contributed by atoms with Crippen molar-refractivity contribution >= 4 is 11.3 Å². The minimum atomic E-state index is 0.235. The van der Waals surface area contributed by atoms with Gasteiger partial charge in [-0.1, -0.05) is 13.0 Å². The van der Waals surface area contributed by atoms with Gasteiger partial charge in [-0.3, -0.25) is 0 Å². The lowest BCUT2D eigenvalue weighted by molar-refractivity contribution is 0.0486. The van der Waals surface area contributed by atoms with E-state index in [4.69, 9.17) is 4.74 Å². The fourth-order valence-corrected chi connectivity index (χ4v) is 2.44. The molecule has 1 heterocycles. The topological polar surface area (TPSA) is 21.3 Å². The molecule has 2 nitrogen and oxygen atoms in total. The van der Waals surface area contributed by atoms with Crippen molar-refractivity contribution in [3.8, 4) is 0 Å². The number of hydrogen-bond acceptors (Lipinski definition) is 3. The van der Waals surface area contributed by atoms with Crippen LogP contribution in [-0.2, 0) is 4.74 Å². The van der Waals surface area contributed by atoms with Gasteiger partial charge in [-0.05, 0) is 31.8 Å². The van der Waals surface area contributed by atoms with Crippen molar-refractivity contribution in [1.29, 1.82) is 0 Å². The van der Waals surface area contributed by atoms with E-state index in [1.54, 1.807) is 11.3 Å². The third kappa shape index (κ3) is 3.08. The summed E-state index contributed by atoms with van der Waals surface area (Å²) in [5, 5.41) is 5.56. The van der Waals surface area contributed by atoms with Crippen molar-refractivity contribution in [2.24, 2.45) is 0 Å². The Balaban J connectivity index is 2.63. The normalized spacial score (nSPS) is 15.4. The van der Waals surface area contributed by atoms with Crippen LogP contribution in [0.1, 0.15) is 31.7 Å². The molecular weight excluding hydrogens is 194 g/mol. The maximum Gasteiger partial charge on any atom is 0.0749 e. The lowest BCUT2D eigenvalue weighted by atomic mass is 10.1. The second-order valence-electron chi connectivity index (χ2n) is 3.21. The van der Waals surface area contributed by atoms with E-state index in [9.17, 15) is 0 Å². The highest BCUT2D eigenvalue weighted by atomic mass is 32.1. The molecule has 0 spiro atoms. The zero-order valence-electron chi connectivity index (χ0n) is 9.12. The summed E-state index contributed by atoms with van der Waals surface area (Å²) in [6.07, 6.45) is 0.235. The van der Waals surface area contributed by atoms with Crippen LogP contribution in [0.15, 0.2) is 17.5 Å². The average Bonchev–Trinajstić information content (AvgIpc) is 2.67. The van der Waals surface area contributed by atoms with Crippen molar-refractivity contribution < 1.29 is 4.74 Å². The molecule has 0 aliphatic carbocycles. The number of likely N-dealkylation sites (N-methyl/N-ethyl adjacent to an activating group) is 1. The van der Waals surface area contributed by atoms with Crippen LogP contribution < -0.4 is 5.32 Å². The van der Waals surface area contributed by atoms with Crippen LogP contribution in [0.25, 0.3) is 0 Å². The number of rotatable bonds is 6. The summed E-state index contributed by atoms with van der Waals surface area (Å²) in [7, 11) is 0. The predicted octanol–water partition coefficient (Wildman–Crippen LogP) is 2.82. The lowest BCUT2D eigenvalue weighted by Crippen LogP contribution is -2.31. The summed E-state index contributed by atoms with van der Waals surface area (Å²) in [4.78, 5) is 1.35. The van der Waals surface area contributed by atoms with Crippen molar-refractivity contribution in [2.75, 3.05) is 13.2 Å². The first kappa shape index (κ1) is 11.7. The first-order valence-corrected chi connectivity index (χ1v) is 6.05. The van der Waals surface area contributed by atoms with E-state index in [1.807, 2.05) is 6.92 Å². The Hall–Kier alpha value is -0.380. The van der Waals surface area contributed by atoms with Crippen LogP contribution in [-0.4, -0.2) is 19.3 Å². The molecule has 0 aromatic carbocycles. The molecule has 3 heteroatoms. The van der Waals surface area contributed by atoms with Gasteiger partial charge in [0.25, 0.3) is 0 Å². The highest BCUT2D eigenvalue weighted by molar-refractivity contribution is 7.10. The molecule has 1 aromatic rings. The highest BCUT2D eigenvalue weighted by Gasteiger charge is 2.18. The summed E-state index contributed by atoms with van der Waals surface area (Å²) < 4.78 is 5.62. The molecule has 0 saturated carbocycles. The third-order valence-corrected chi connectivity index (χ3v) is 3.13. The Morgan fingerprint density at radius 1 is 1.50 bits per heavy atom. The molecule has 80 valence electrons. The van der Waals surface area contributed by atoms with Gasteiger partial charge in [-0.15, -0.1) is 11.3 Å². The molecular formula is C11H19NOS. The maximum atomic E-state index is 5.62. The minimum absolute atomic E-state index is 0.235. The number of hydrogen-bond donors (Lipinski definition) is 1. The van der Waals surface area contributed by atoms with Gasteiger partial charge in [0.1, 0.15) is 0 Å². The van der Waals surface area contributed by atoms with Gasteiger partial charge in [-0.2, -0.15) is 0 Å². The summed E-state index contributed by atoms with van der Waals surface area (Å²) in [5.41, 5.74) is 0. The molecule has 0 bridgehead atoms. The van der Waals surface area contributed by atoms with Gasteiger partial charge in [0.2, 0.25) is 0 Å². The molecule has 2 unspecified atom stereocenters. The molecule has 0 saturated heterocycles. The van der Waals surface area contributed by atoms with Gasteiger partial charge in [-0.25, -0.2) is 0 Å². The molecule has 0 aliphatic heterocycles. The quantitative estimate of drug-likeness (QED) is 0.784. The SMILES string of the molecule is CCNC(c1cccs1)C(C)OCC. The van der Waals surface area contributed by atoms with Crippen LogP contribution in [0.5, 0.6) is 0 Å². The van der Waals surface area contributed by atoms with Crippen molar-refractivity contribution in [3.05, 3.63) is 22.4 Å². The molecule has 1 aromatic heterocycles. The second kappa shape index (κ2) is 6.17. The van der Waals surface area contributed by atoms with Crippen LogP contribution in [0.3, 0.4) is 0 Å². The Labute approximate surface area is 90.3 Å². The zero-order valence-corrected chi connectivity index (χ0v) is 9.93. The van der Waals surface area contributed by atoms with Gasteiger partial charge in [0.15, 0.2) is 0 Å². The van der Waals surface area contributed by atoms with Crippen molar-refractivity contribution in [3.63, 3.8) is 0 Å². The standard InChI is InChI=1S/C11H19NOS/c1-4-12-11(9(3)13-5-2)10-7-6-8-14-10/h6-9,11-12H,4-5H2,1-3H3. The largest absolute Gasteiger partial charge is 0.377 e. The number of ether oxygens (including phenoxy) is 1. The summed E-state index contributed by atoms with van der Waals surface area (Å²) in [5.74, 6) is 0. The van der Waals surface area contributed by atoms with Gasteiger partial charge < -0.3 is 10.1 Å². The van der Waals surface area contributed by atoms with Crippen molar-refractivity contribution in [1.82, 2.24) is 5.32 Å². The highest BCUT2D eigenvalue weighted by Crippen LogP contribution is 2.23. The van der Waals surface area contributed by atoms with Crippen molar-refractivity contribution in [2.45, 2.75) is 32.9 Å². The number of nitrogens with one attached hydrogen (secondary N) is 1. The van der Waals surface area contributed by atoms with E-state index < -0.39 is 0 Å². The fourth-order valence-electron chi connectivity index (χ4n) is 1.55. The van der Waals surface area contributed by atoms with E-state index in [0.717, 1.165) is 13.2 Å². The van der Waals surface area contributed by atoms with Crippen LogP contribution in [0.2, 0.25) is 0 Å². The summed E-state index contributed by atoms with van der Waals surface area (Å²) in [6.45, 7) is 8.03. The average molecular weight is 213 g/mol. The second-order valence-corrected chi connectivity index (χ2v) is 4.19. The van der Waals surface area contributed by atoms with E-state index >= 15 is 0 Å². The van der Waals surface area contributed by atoms with E-state index in [0.29, 0.717) is 6.04 Å².